The van der Waals surface area contributed by atoms with Gasteiger partial charge in [0.2, 0.25) is 0 Å². The predicted molar refractivity (Wildman–Crippen MR) is 61.0 cm³/mol. The minimum absolute atomic E-state index is 0.694. The van der Waals surface area contributed by atoms with Gasteiger partial charge in [0.05, 0.1) is 0 Å². The van der Waals surface area contributed by atoms with Gasteiger partial charge in [-0.2, -0.15) is 0 Å². The molecule has 1 heteroatoms. The van der Waals surface area contributed by atoms with E-state index in [0.717, 1.165) is 0 Å². The monoisotopic (exact) mass is 264 g/mol. The van der Waals surface area contributed by atoms with Crippen molar-refractivity contribution in [1.82, 2.24) is 0 Å². The fourth-order valence-electron chi connectivity index (χ4n) is 0.798. The van der Waals surface area contributed by atoms with E-state index in [1.165, 1.54) is 19.3 Å². The van der Waals surface area contributed by atoms with E-state index in [2.05, 4.69) is 58.7 Å². The second-order valence-electron chi connectivity index (χ2n) is 2.79. The number of allylic oxidation sites excluding steroid dienone is 3. The van der Waals surface area contributed by atoms with Crippen LogP contribution < -0.4 is 0 Å². The molecule has 11 heavy (non-hydrogen) atoms. The lowest BCUT2D eigenvalue weighted by Crippen LogP contribution is -1.84. The van der Waals surface area contributed by atoms with Gasteiger partial charge in [0, 0.05) is 0 Å². The van der Waals surface area contributed by atoms with Crippen molar-refractivity contribution >= 4 is 22.6 Å². The molecule has 0 rings (SSSR count). The standard InChI is InChI=1S/C10H17I/c1-3-4-5-6-7-10(2)8-9-11/h5-6,8-10H,3-4,7H2,1-2H3/b6-5-,9-8+/t10-/m0/s1. The molecule has 0 spiro atoms. The van der Waals surface area contributed by atoms with Gasteiger partial charge in [-0.05, 0) is 22.8 Å². The summed E-state index contributed by atoms with van der Waals surface area (Å²) in [4.78, 5) is 0. The molecule has 0 N–H and O–H groups in total. The first kappa shape index (κ1) is 11.2. The molecule has 0 aromatic heterocycles. The molecule has 0 saturated heterocycles. The summed E-state index contributed by atoms with van der Waals surface area (Å²) in [5.74, 6) is 0.694. The van der Waals surface area contributed by atoms with E-state index in [-0.39, 0.29) is 0 Å². The van der Waals surface area contributed by atoms with Crippen LogP contribution in [0, 0.1) is 5.92 Å². The van der Waals surface area contributed by atoms with Gasteiger partial charge in [-0.1, -0.05) is 61.1 Å². The molecule has 0 aliphatic heterocycles. The zero-order chi connectivity index (χ0) is 8.53. The Morgan fingerprint density at radius 2 is 2.09 bits per heavy atom. The average molecular weight is 264 g/mol. The number of rotatable bonds is 5. The molecule has 1 atom stereocenters. The van der Waals surface area contributed by atoms with Crippen molar-refractivity contribution in [2.75, 3.05) is 0 Å². The molecule has 0 unspecified atom stereocenters. The molecule has 0 bridgehead atoms. The summed E-state index contributed by atoms with van der Waals surface area (Å²) in [6.07, 6.45) is 10.5. The lowest BCUT2D eigenvalue weighted by Gasteiger charge is -1.98. The largest absolute Gasteiger partial charge is 0.0885 e. The van der Waals surface area contributed by atoms with Crippen molar-refractivity contribution < 1.29 is 0 Å². The Kier molecular flexibility index (Phi) is 8.47. The Hall–Kier alpha value is 0.210. The number of halogens is 1. The third kappa shape index (κ3) is 8.11. The second-order valence-corrected chi connectivity index (χ2v) is 3.51. The zero-order valence-corrected chi connectivity index (χ0v) is 9.54. The fraction of sp³-hybridized carbons (Fsp3) is 0.600. The predicted octanol–water partition coefficient (Wildman–Crippen LogP) is 4.32. The minimum atomic E-state index is 0.694. The van der Waals surface area contributed by atoms with Gasteiger partial charge in [0.1, 0.15) is 0 Å². The van der Waals surface area contributed by atoms with Crippen molar-refractivity contribution in [3.8, 4) is 0 Å². The van der Waals surface area contributed by atoms with Gasteiger partial charge >= 0.3 is 0 Å². The van der Waals surface area contributed by atoms with Crippen LogP contribution in [0.5, 0.6) is 0 Å². The first-order valence-corrected chi connectivity index (χ1v) is 5.47. The number of unbranched alkanes of at least 4 members (excludes halogenated alkanes) is 1. The van der Waals surface area contributed by atoms with E-state index in [0.29, 0.717) is 5.92 Å². The topological polar surface area (TPSA) is 0 Å². The van der Waals surface area contributed by atoms with Crippen molar-refractivity contribution in [3.63, 3.8) is 0 Å². The van der Waals surface area contributed by atoms with Crippen molar-refractivity contribution in [2.24, 2.45) is 5.92 Å². The first-order valence-electron chi connectivity index (χ1n) is 4.23. The maximum Gasteiger partial charge on any atom is -0.0220 e. The molecule has 0 aliphatic rings. The third-order valence-corrected chi connectivity index (χ3v) is 1.95. The summed E-state index contributed by atoms with van der Waals surface area (Å²) >= 11 is 2.27. The van der Waals surface area contributed by atoms with Crippen LogP contribution in [0.2, 0.25) is 0 Å². The van der Waals surface area contributed by atoms with Gasteiger partial charge in [-0.25, -0.2) is 0 Å². The Morgan fingerprint density at radius 3 is 2.64 bits per heavy atom. The summed E-state index contributed by atoms with van der Waals surface area (Å²) in [6.45, 7) is 4.45. The van der Waals surface area contributed by atoms with E-state index in [1.54, 1.807) is 0 Å². The molecule has 0 saturated carbocycles. The van der Waals surface area contributed by atoms with Crippen LogP contribution in [-0.4, -0.2) is 0 Å². The van der Waals surface area contributed by atoms with Gasteiger partial charge in [0.15, 0.2) is 0 Å². The van der Waals surface area contributed by atoms with Gasteiger partial charge < -0.3 is 0 Å². The van der Waals surface area contributed by atoms with Crippen LogP contribution in [0.4, 0.5) is 0 Å². The van der Waals surface area contributed by atoms with Crippen LogP contribution in [0.3, 0.4) is 0 Å². The van der Waals surface area contributed by atoms with E-state index >= 15 is 0 Å². The lowest BCUT2D eigenvalue weighted by atomic mass is 10.1. The lowest BCUT2D eigenvalue weighted by molar-refractivity contribution is 0.743. The molecule has 0 aromatic rings. The molecule has 0 aromatic carbocycles. The maximum atomic E-state index is 2.28. The average Bonchev–Trinajstić information content (AvgIpc) is 1.99. The smallest absolute Gasteiger partial charge is 0.0220 e. The number of hydrogen-bond acceptors (Lipinski definition) is 0. The van der Waals surface area contributed by atoms with Crippen LogP contribution in [0.1, 0.15) is 33.1 Å². The van der Waals surface area contributed by atoms with E-state index in [9.17, 15) is 0 Å². The van der Waals surface area contributed by atoms with Crippen molar-refractivity contribution in [3.05, 3.63) is 22.3 Å². The van der Waals surface area contributed by atoms with Crippen molar-refractivity contribution in [2.45, 2.75) is 33.1 Å². The fourth-order valence-corrected chi connectivity index (χ4v) is 1.51. The summed E-state index contributed by atoms with van der Waals surface area (Å²) in [7, 11) is 0. The highest BCUT2D eigenvalue weighted by Crippen LogP contribution is 2.06. The second kappa shape index (κ2) is 8.31. The SMILES string of the molecule is CCC/C=C\C[C@H](C)/C=C/I. The van der Waals surface area contributed by atoms with Crippen molar-refractivity contribution in [1.29, 1.82) is 0 Å². The van der Waals surface area contributed by atoms with E-state index in [1.807, 2.05) is 0 Å². The molecule has 0 nitrogen and oxygen atoms in total. The molecule has 0 heterocycles. The molecule has 0 amide bonds. The maximum absolute atomic E-state index is 2.28. The van der Waals surface area contributed by atoms with E-state index in [4.69, 9.17) is 0 Å². The minimum Gasteiger partial charge on any atom is -0.0885 e. The summed E-state index contributed by atoms with van der Waals surface area (Å²) < 4.78 is 2.09. The third-order valence-electron chi connectivity index (χ3n) is 1.53. The highest BCUT2D eigenvalue weighted by molar-refractivity contribution is 14.1. The van der Waals surface area contributed by atoms with Gasteiger partial charge in [-0.3, -0.25) is 0 Å². The van der Waals surface area contributed by atoms with Crippen LogP contribution >= 0.6 is 22.6 Å². The van der Waals surface area contributed by atoms with Crippen LogP contribution in [0.25, 0.3) is 0 Å². The Bertz CT molecular complexity index is 125. The normalized spacial score (nSPS) is 14.8. The van der Waals surface area contributed by atoms with Gasteiger partial charge in [0.25, 0.3) is 0 Å². The number of hydrogen-bond donors (Lipinski definition) is 0. The van der Waals surface area contributed by atoms with Crippen LogP contribution in [-0.2, 0) is 0 Å². The molecule has 0 radical (unpaired) electrons. The molecular weight excluding hydrogens is 247 g/mol. The Labute approximate surface area is 83.9 Å². The van der Waals surface area contributed by atoms with Crippen LogP contribution in [0.15, 0.2) is 22.3 Å². The molecule has 0 fully saturated rings. The Balaban J connectivity index is 3.36. The summed E-state index contributed by atoms with van der Waals surface area (Å²) in [5, 5.41) is 0. The summed E-state index contributed by atoms with van der Waals surface area (Å²) in [5.41, 5.74) is 0. The quantitative estimate of drug-likeness (QED) is 0.512. The highest BCUT2D eigenvalue weighted by Gasteiger charge is 1.90. The molecular formula is C10H17I. The van der Waals surface area contributed by atoms with E-state index < -0.39 is 0 Å². The summed E-state index contributed by atoms with van der Waals surface area (Å²) in [6, 6.07) is 0. The molecule has 64 valence electrons. The Morgan fingerprint density at radius 1 is 1.36 bits per heavy atom. The first-order chi connectivity index (χ1) is 5.31. The highest BCUT2D eigenvalue weighted by atomic mass is 127. The van der Waals surface area contributed by atoms with Gasteiger partial charge in [-0.15, -0.1) is 0 Å². The zero-order valence-electron chi connectivity index (χ0n) is 7.39. The molecule has 0 aliphatic carbocycles.